The summed E-state index contributed by atoms with van der Waals surface area (Å²) in [6, 6.07) is 2.71. The first-order valence-electron chi connectivity index (χ1n) is 5.17. The Morgan fingerprint density at radius 1 is 1.39 bits per heavy atom. The molecular formula is C10H13BrCl2N2O2S. The Morgan fingerprint density at radius 3 is 2.33 bits per heavy atom. The van der Waals surface area contributed by atoms with Crippen LogP contribution in [0.25, 0.3) is 0 Å². The number of halogens is 3. The van der Waals surface area contributed by atoms with Crippen LogP contribution in [0.15, 0.2) is 21.5 Å². The molecule has 1 aromatic rings. The molecule has 0 aliphatic heterocycles. The first-order valence-corrected chi connectivity index (χ1v) is 8.21. The van der Waals surface area contributed by atoms with Crippen molar-refractivity contribution in [2.45, 2.75) is 24.3 Å². The van der Waals surface area contributed by atoms with Crippen LogP contribution in [0.5, 0.6) is 0 Å². The van der Waals surface area contributed by atoms with Gasteiger partial charge in [0.2, 0.25) is 10.0 Å². The van der Waals surface area contributed by atoms with Crippen LogP contribution < -0.4 is 10.5 Å². The largest absolute Gasteiger partial charge is 0.327 e. The van der Waals surface area contributed by atoms with Crippen molar-refractivity contribution in [2.75, 3.05) is 6.54 Å². The summed E-state index contributed by atoms with van der Waals surface area (Å²) < 4.78 is 27.1. The molecule has 1 unspecified atom stereocenters. The second-order valence-electron chi connectivity index (χ2n) is 3.72. The normalized spacial score (nSPS) is 13.6. The van der Waals surface area contributed by atoms with Gasteiger partial charge < -0.3 is 5.73 Å². The molecular weight excluding hydrogens is 363 g/mol. The Labute approximate surface area is 125 Å². The molecule has 0 aromatic heterocycles. The Morgan fingerprint density at radius 2 is 1.89 bits per heavy atom. The summed E-state index contributed by atoms with van der Waals surface area (Å²) in [5.41, 5.74) is 5.66. The van der Waals surface area contributed by atoms with E-state index in [2.05, 4.69) is 20.7 Å². The van der Waals surface area contributed by atoms with Crippen molar-refractivity contribution in [1.82, 2.24) is 4.72 Å². The van der Waals surface area contributed by atoms with Crippen molar-refractivity contribution in [3.63, 3.8) is 0 Å². The predicted octanol–water partition coefficient (Wildman–Crippen LogP) is 2.77. The molecule has 102 valence electrons. The fourth-order valence-electron chi connectivity index (χ4n) is 1.22. The van der Waals surface area contributed by atoms with Gasteiger partial charge in [0.1, 0.15) is 4.90 Å². The molecule has 0 heterocycles. The first-order chi connectivity index (χ1) is 8.27. The Kier molecular flexibility index (Phi) is 5.89. The lowest BCUT2D eigenvalue weighted by Crippen LogP contribution is -2.36. The van der Waals surface area contributed by atoms with E-state index in [0.717, 1.165) is 0 Å². The van der Waals surface area contributed by atoms with Gasteiger partial charge in [0.25, 0.3) is 0 Å². The maximum Gasteiger partial charge on any atom is 0.243 e. The second-order valence-corrected chi connectivity index (χ2v) is 7.15. The summed E-state index contributed by atoms with van der Waals surface area (Å²) in [4.78, 5) is -0.127. The lowest BCUT2D eigenvalue weighted by Gasteiger charge is -2.13. The van der Waals surface area contributed by atoms with E-state index in [-0.39, 0.29) is 27.5 Å². The standard InChI is InChI=1S/C10H13BrCl2N2O2S/c1-2-7(14)5-15-18(16,17)10-8(12)3-6(11)4-9(10)13/h3-4,7,15H,2,5,14H2,1H3. The minimum absolute atomic E-state index is 0.0620. The fraction of sp³-hybridized carbons (Fsp3) is 0.400. The zero-order valence-corrected chi connectivity index (χ0v) is 13.5. The molecule has 0 fully saturated rings. The number of benzene rings is 1. The maximum absolute atomic E-state index is 12.1. The third-order valence-electron chi connectivity index (χ3n) is 2.29. The summed E-state index contributed by atoms with van der Waals surface area (Å²) in [7, 11) is -3.76. The topological polar surface area (TPSA) is 72.2 Å². The average molecular weight is 376 g/mol. The Hall–Kier alpha value is 0.150. The van der Waals surface area contributed by atoms with E-state index in [1.807, 2.05) is 6.92 Å². The molecule has 1 rings (SSSR count). The van der Waals surface area contributed by atoms with Gasteiger partial charge in [-0.3, -0.25) is 0 Å². The van der Waals surface area contributed by atoms with E-state index in [1.165, 1.54) is 12.1 Å². The van der Waals surface area contributed by atoms with E-state index < -0.39 is 10.0 Å². The van der Waals surface area contributed by atoms with Gasteiger partial charge in [0, 0.05) is 17.1 Å². The molecule has 0 aliphatic carbocycles. The third kappa shape index (κ3) is 4.08. The van der Waals surface area contributed by atoms with E-state index in [4.69, 9.17) is 28.9 Å². The van der Waals surface area contributed by atoms with E-state index in [1.54, 1.807) is 0 Å². The number of hydrogen-bond donors (Lipinski definition) is 2. The van der Waals surface area contributed by atoms with Gasteiger partial charge in [-0.25, -0.2) is 13.1 Å². The van der Waals surface area contributed by atoms with Crippen LogP contribution in [0, 0.1) is 0 Å². The van der Waals surface area contributed by atoms with Gasteiger partial charge >= 0.3 is 0 Å². The van der Waals surface area contributed by atoms with E-state index >= 15 is 0 Å². The summed E-state index contributed by atoms with van der Waals surface area (Å²) >= 11 is 15.0. The highest BCUT2D eigenvalue weighted by Crippen LogP contribution is 2.32. The van der Waals surface area contributed by atoms with Crippen LogP contribution >= 0.6 is 39.1 Å². The zero-order chi connectivity index (χ0) is 13.9. The third-order valence-corrected chi connectivity index (χ3v) is 5.09. The molecule has 0 amide bonds. The average Bonchev–Trinajstić information content (AvgIpc) is 2.24. The van der Waals surface area contributed by atoms with Gasteiger partial charge in [-0.2, -0.15) is 0 Å². The van der Waals surface area contributed by atoms with Crippen molar-refractivity contribution in [3.8, 4) is 0 Å². The van der Waals surface area contributed by atoms with Crippen molar-refractivity contribution < 1.29 is 8.42 Å². The molecule has 3 N–H and O–H groups in total. The number of rotatable bonds is 5. The van der Waals surface area contributed by atoms with Gasteiger partial charge in [-0.05, 0) is 18.6 Å². The van der Waals surface area contributed by atoms with E-state index in [0.29, 0.717) is 10.9 Å². The molecule has 0 spiro atoms. The molecule has 0 saturated carbocycles. The van der Waals surface area contributed by atoms with Crippen LogP contribution in [0.1, 0.15) is 13.3 Å². The van der Waals surface area contributed by atoms with Gasteiger partial charge in [0.05, 0.1) is 10.0 Å². The summed E-state index contributed by atoms with van der Waals surface area (Å²) in [6.07, 6.45) is 0.671. The number of hydrogen-bond acceptors (Lipinski definition) is 3. The zero-order valence-electron chi connectivity index (χ0n) is 9.58. The predicted molar refractivity (Wildman–Crippen MR) is 77.6 cm³/mol. The molecule has 1 aromatic carbocycles. The molecule has 18 heavy (non-hydrogen) atoms. The summed E-state index contributed by atoms with van der Waals surface area (Å²) in [6.45, 7) is 2.01. The van der Waals surface area contributed by atoms with Crippen molar-refractivity contribution in [2.24, 2.45) is 5.73 Å². The van der Waals surface area contributed by atoms with Crippen LogP contribution in [0.4, 0.5) is 0 Å². The summed E-state index contributed by atoms with van der Waals surface area (Å²) in [5.74, 6) is 0. The molecule has 0 aliphatic rings. The van der Waals surface area contributed by atoms with Crippen molar-refractivity contribution in [3.05, 3.63) is 26.7 Å². The first kappa shape index (κ1) is 16.2. The smallest absolute Gasteiger partial charge is 0.243 e. The Balaban J connectivity index is 3.06. The van der Waals surface area contributed by atoms with Gasteiger partial charge in [-0.1, -0.05) is 46.1 Å². The highest BCUT2D eigenvalue weighted by atomic mass is 79.9. The van der Waals surface area contributed by atoms with Crippen LogP contribution in [-0.4, -0.2) is 21.0 Å². The highest BCUT2D eigenvalue weighted by Gasteiger charge is 2.22. The number of sulfonamides is 1. The number of nitrogens with two attached hydrogens (primary N) is 1. The van der Waals surface area contributed by atoms with Crippen LogP contribution in [0.3, 0.4) is 0 Å². The van der Waals surface area contributed by atoms with Crippen LogP contribution in [0.2, 0.25) is 10.0 Å². The monoisotopic (exact) mass is 374 g/mol. The van der Waals surface area contributed by atoms with Gasteiger partial charge in [-0.15, -0.1) is 0 Å². The minimum atomic E-state index is -3.76. The molecule has 0 saturated heterocycles. The number of nitrogens with one attached hydrogen (secondary N) is 1. The van der Waals surface area contributed by atoms with Gasteiger partial charge in [0.15, 0.2) is 0 Å². The minimum Gasteiger partial charge on any atom is -0.327 e. The summed E-state index contributed by atoms with van der Waals surface area (Å²) in [5, 5.41) is 0.124. The molecule has 4 nitrogen and oxygen atoms in total. The highest BCUT2D eigenvalue weighted by molar-refractivity contribution is 9.10. The SMILES string of the molecule is CCC(N)CNS(=O)(=O)c1c(Cl)cc(Br)cc1Cl. The molecule has 8 heteroatoms. The van der Waals surface area contributed by atoms with Crippen LogP contribution in [-0.2, 0) is 10.0 Å². The van der Waals surface area contributed by atoms with Crippen molar-refractivity contribution in [1.29, 1.82) is 0 Å². The molecule has 1 atom stereocenters. The maximum atomic E-state index is 12.1. The lowest BCUT2D eigenvalue weighted by atomic mass is 10.2. The molecule has 0 bridgehead atoms. The lowest BCUT2D eigenvalue weighted by molar-refractivity contribution is 0.564. The second kappa shape index (κ2) is 6.54. The van der Waals surface area contributed by atoms with E-state index in [9.17, 15) is 8.42 Å². The Bertz CT molecular complexity index is 514. The molecule has 0 radical (unpaired) electrons. The van der Waals surface area contributed by atoms with Crippen molar-refractivity contribution >= 4 is 49.2 Å². The fourth-order valence-corrected chi connectivity index (χ4v) is 4.25. The quantitative estimate of drug-likeness (QED) is 0.830.